The summed E-state index contributed by atoms with van der Waals surface area (Å²) < 4.78 is 1.76. The van der Waals surface area contributed by atoms with Gasteiger partial charge in [-0.25, -0.2) is 4.98 Å². The van der Waals surface area contributed by atoms with Crippen LogP contribution in [0.3, 0.4) is 0 Å². The molecule has 2 aromatic heterocycles. The standard InChI is InChI=1S/C10H17N7/c1-7-9(11)10(17(2)16-7)12-5-3-4-8-13-6-14-15-8/h6,12H,3-5,11H2,1-2H3,(H,13,14,15). The summed E-state index contributed by atoms with van der Waals surface area (Å²) in [7, 11) is 1.88. The van der Waals surface area contributed by atoms with Gasteiger partial charge in [-0.1, -0.05) is 0 Å². The summed E-state index contributed by atoms with van der Waals surface area (Å²) in [6, 6.07) is 0. The molecule has 0 aliphatic heterocycles. The quantitative estimate of drug-likeness (QED) is 0.655. The lowest BCUT2D eigenvalue weighted by Crippen LogP contribution is -2.09. The fraction of sp³-hybridized carbons (Fsp3) is 0.500. The molecule has 0 saturated heterocycles. The molecule has 7 heteroatoms. The van der Waals surface area contributed by atoms with Crippen molar-refractivity contribution >= 4 is 11.5 Å². The van der Waals surface area contributed by atoms with Crippen molar-refractivity contribution in [3.05, 3.63) is 17.8 Å². The number of aromatic amines is 1. The minimum Gasteiger partial charge on any atom is -0.394 e. The number of rotatable bonds is 5. The molecule has 0 aliphatic carbocycles. The number of nitrogens with one attached hydrogen (secondary N) is 2. The second kappa shape index (κ2) is 4.86. The molecule has 0 radical (unpaired) electrons. The van der Waals surface area contributed by atoms with Gasteiger partial charge in [-0.3, -0.25) is 9.78 Å². The van der Waals surface area contributed by atoms with E-state index >= 15 is 0 Å². The molecule has 0 fully saturated rings. The molecular formula is C10H17N7. The van der Waals surface area contributed by atoms with Crippen molar-refractivity contribution in [2.45, 2.75) is 19.8 Å². The number of anilines is 2. The van der Waals surface area contributed by atoms with E-state index in [2.05, 4.69) is 25.6 Å². The Labute approximate surface area is 99.4 Å². The van der Waals surface area contributed by atoms with Crippen LogP contribution in [-0.2, 0) is 13.5 Å². The van der Waals surface area contributed by atoms with Crippen LogP contribution in [-0.4, -0.2) is 31.5 Å². The first-order chi connectivity index (χ1) is 8.18. The average molecular weight is 235 g/mol. The number of hydrogen-bond donors (Lipinski definition) is 3. The van der Waals surface area contributed by atoms with Crippen LogP contribution >= 0.6 is 0 Å². The summed E-state index contributed by atoms with van der Waals surface area (Å²) in [4.78, 5) is 4.06. The van der Waals surface area contributed by atoms with Gasteiger partial charge >= 0.3 is 0 Å². The lowest BCUT2D eigenvalue weighted by molar-refractivity contribution is 0.746. The fourth-order valence-electron chi connectivity index (χ4n) is 1.70. The van der Waals surface area contributed by atoms with Gasteiger partial charge < -0.3 is 11.1 Å². The summed E-state index contributed by atoms with van der Waals surface area (Å²) in [6.45, 7) is 2.72. The van der Waals surface area contributed by atoms with Gasteiger partial charge in [0.05, 0.1) is 11.4 Å². The van der Waals surface area contributed by atoms with Crippen LogP contribution < -0.4 is 11.1 Å². The van der Waals surface area contributed by atoms with Gasteiger partial charge in [0.25, 0.3) is 0 Å². The van der Waals surface area contributed by atoms with E-state index in [1.54, 1.807) is 4.68 Å². The predicted molar refractivity (Wildman–Crippen MR) is 65.6 cm³/mol. The van der Waals surface area contributed by atoms with E-state index in [1.165, 1.54) is 6.33 Å². The molecule has 2 heterocycles. The Balaban J connectivity index is 1.82. The Morgan fingerprint density at radius 2 is 2.35 bits per heavy atom. The minimum atomic E-state index is 0.715. The summed E-state index contributed by atoms with van der Waals surface area (Å²) in [5, 5.41) is 14.1. The Morgan fingerprint density at radius 1 is 1.53 bits per heavy atom. The Bertz CT molecular complexity index is 471. The number of hydrogen-bond acceptors (Lipinski definition) is 5. The predicted octanol–water partition coefficient (Wildman–Crippen LogP) is 0.474. The molecule has 0 saturated carbocycles. The van der Waals surface area contributed by atoms with Crippen LogP contribution in [0.25, 0.3) is 0 Å². The van der Waals surface area contributed by atoms with Crippen LogP contribution in [0.5, 0.6) is 0 Å². The second-order valence-electron chi connectivity index (χ2n) is 3.93. The largest absolute Gasteiger partial charge is 0.394 e. The molecule has 4 N–H and O–H groups in total. The van der Waals surface area contributed by atoms with Crippen molar-refractivity contribution in [1.29, 1.82) is 0 Å². The zero-order valence-electron chi connectivity index (χ0n) is 10.1. The van der Waals surface area contributed by atoms with Crippen molar-refractivity contribution in [3.63, 3.8) is 0 Å². The van der Waals surface area contributed by atoms with Crippen LogP contribution in [0.4, 0.5) is 11.5 Å². The van der Waals surface area contributed by atoms with Crippen LogP contribution in [0, 0.1) is 6.92 Å². The van der Waals surface area contributed by atoms with Crippen LogP contribution in [0.15, 0.2) is 6.33 Å². The molecule has 0 spiro atoms. The number of aromatic nitrogens is 5. The molecule has 0 aliphatic rings. The van der Waals surface area contributed by atoms with Gasteiger partial charge in [-0.05, 0) is 13.3 Å². The van der Waals surface area contributed by atoms with Gasteiger partial charge in [-0.15, -0.1) is 0 Å². The summed E-state index contributed by atoms with van der Waals surface area (Å²) >= 11 is 0. The highest BCUT2D eigenvalue weighted by Crippen LogP contribution is 2.20. The molecule has 2 rings (SSSR count). The van der Waals surface area contributed by atoms with Crippen LogP contribution in [0.1, 0.15) is 17.9 Å². The number of nitrogens with zero attached hydrogens (tertiary/aromatic N) is 4. The number of H-pyrrole nitrogens is 1. The molecule has 0 amide bonds. The van der Waals surface area contributed by atoms with Gasteiger partial charge in [0.15, 0.2) is 0 Å². The van der Waals surface area contributed by atoms with Crippen molar-refractivity contribution in [1.82, 2.24) is 25.0 Å². The lowest BCUT2D eigenvalue weighted by atomic mass is 10.3. The molecule has 2 aromatic rings. The third kappa shape index (κ3) is 2.55. The summed E-state index contributed by atoms with van der Waals surface area (Å²) in [5.74, 6) is 1.78. The molecule has 92 valence electrons. The molecule has 7 nitrogen and oxygen atoms in total. The first-order valence-electron chi connectivity index (χ1n) is 5.55. The van der Waals surface area contributed by atoms with E-state index in [9.17, 15) is 0 Å². The zero-order valence-corrected chi connectivity index (χ0v) is 10.1. The smallest absolute Gasteiger partial charge is 0.147 e. The fourth-order valence-corrected chi connectivity index (χ4v) is 1.70. The van der Waals surface area contributed by atoms with E-state index < -0.39 is 0 Å². The normalized spacial score (nSPS) is 10.7. The average Bonchev–Trinajstić information content (AvgIpc) is 2.87. The van der Waals surface area contributed by atoms with Crippen LogP contribution in [0.2, 0.25) is 0 Å². The minimum absolute atomic E-state index is 0.715. The topological polar surface area (TPSA) is 97.4 Å². The van der Waals surface area contributed by atoms with E-state index in [4.69, 9.17) is 5.73 Å². The van der Waals surface area contributed by atoms with E-state index in [0.29, 0.717) is 5.69 Å². The monoisotopic (exact) mass is 235 g/mol. The number of nitrogen functional groups attached to an aromatic ring is 1. The SMILES string of the molecule is Cc1nn(C)c(NCCCc2ncn[nH]2)c1N. The van der Waals surface area contributed by atoms with Crippen molar-refractivity contribution in [2.24, 2.45) is 7.05 Å². The highest BCUT2D eigenvalue weighted by molar-refractivity contribution is 5.64. The highest BCUT2D eigenvalue weighted by Gasteiger charge is 2.08. The van der Waals surface area contributed by atoms with Gasteiger partial charge in [0, 0.05) is 20.0 Å². The molecule has 0 bridgehead atoms. The first kappa shape index (κ1) is 11.4. The van der Waals surface area contributed by atoms with Crippen molar-refractivity contribution in [2.75, 3.05) is 17.6 Å². The third-order valence-corrected chi connectivity index (χ3v) is 2.62. The van der Waals surface area contributed by atoms with Crippen molar-refractivity contribution < 1.29 is 0 Å². The summed E-state index contributed by atoms with van der Waals surface area (Å²) in [5.41, 5.74) is 7.47. The third-order valence-electron chi connectivity index (χ3n) is 2.62. The molecule has 0 unspecified atom stereocenters. The van der Waals surface area contributed by atoms with Gasteiger partial charge in [-0.2, -0.15) is 10.2 Å². The van der Waals surface area contributed by atoms with Gasteiger partial charge in [0.1, 0.15) is 18.0 Å². The van der Waals surface area contributed by atoms with Crippen molar-refractivity contribution in [3.8, 4) is 0 Å². The van der Waals surface area contributed by atoms with E-state index in [1.807, 2.05) is 14.0 Å². The Morgan fingerprint density at radius 3 is 2.94 bits per heavy atom. The second-order valence-corrected chi connectivity index (χ2v) is 3.93. The maximum absolute atomic E-state index is 5.91. The Hall–Kier alpha value is -2.05. The zero-order chi connectivity index (χ0) is 12.3. The first-order valence-corrected chi connectivity index (χ1v) is 5.55. The van der Waals surface area contributed by atoms with E-state index in [0.717, 1.165) is 36.7 Å². The summed E-state index contributed by atoms with van der Waals surface area (Å²) in [6.07, 6.45) is 3.34. The van der Waals surface area contributed by atoms with Gasteiger partial charge in [0.2, 0.25) is 0 Å². The lowest BCUT2D eigenvalue weighted by Gasteiger charge is -2.06. The number of aryl methyl sites for hydroxylation is 3. The molecule has 0 aromatic carbocycles. The highest BCUT2D eigenvalue weighted by atomic mass is 15.3. The van der Waals surface area contributed by atoms with E-state index in [-0.39, 0.29) is 0 Å². The number of nitrogens with two attached hydrogens (primary N) is 1. The maximum atomic E-state index is 5.91. The maximum Gasteiger partial charge on any atom is 0.147 e. The molecular weight excluding hydrogens is 218 g/mol. The Kier molecular flexibility index (Phi) is 3.27. The molecule has 17 heavy (non-hydrogen) atoms. The molecule has 0 atom stereocenters.